The van der Waals surface area contributed by atoms with Crippen molar-refractivity contribution in [2.24, 2.45) is 0 Å². The second kappa shape index (κ2) is 7.21. The molecule has 0 aliphatic rings. The van der Waals surface area contributed by atoms with Gasteiger partial charge in [-0.3, -0.25) is 0 Å². The molecular formula is C17H17N3O2S2. The van der Waals surface area contributed by atoms with Crippen molar-refractivity contribution in [2.75, 3.05) is 0 Å². The van der Waals surface area contributed by atoms with E-state index >= 15 is 0 Å². The molecule has 5 nitrogen and oxygen atoms in total. The van der Waals surface area contributed by atoms with Crippen LogP contribution in [0.1, 0.15) is 17.5 Å². The third-order valence-electron chi connectivity index (χ3n) is 3.49. The molecule has 1 N–H and O–H groups in total. The van der Waals surface area contributed by atoms with Gasteiger partial charge < -0.3 is 0 Å². The maximum absolute atomic E-state index is 12.3. The molecule has 0 bridgehead atoms. The molecule has 0 aliphatic carbocycles. The Morgan fingerprint density at radius 3 is 2.58 bits per heavy atom. The number of aromatic nitrogens is 2. The zero-order valence-corrected chi connectivity index (χ0v) is 14.8. The number of aryl methyl sites for hydroxylation is 1. The second-order valence-electron chi connectivity index (χ2n) is 5.16. The molecule has 3 rings (SSSR count). The van der Waals surface area contributed by atoms with Gasteiger partial charge in [0.25, 0.3) is 0 Å². The van der Waals surface area contributed by atoms with E-state index in [1.807, 2.05) is 43.3 Å². The van der Waals surface area contributed by atoms with E-state index in [-0.39, 0.29) is 6.54 Å². The average Bonchev–Trinajstić information content (AvgIpc) is 3.11. The first kappa shape index (κ1) is 16.8. The van der Waals surface area contributed by atoms with Crippen LogP contribution in [-0.4, -0.2) is 18.4 Å². The summed E-state index contributed by atoms with van der Waals surface area (Å²) in [5.41, 5.74) is 2.36. The minimum absolute atomic E-state index is 0.129. The van der Waals surface area contributed by atoms with Crippen molar-refractivity contribution < 1.29 is 8.42 Å². The molecule has 0 unspecified atom stereocenters. The molecule has 0 saturated heterocycles. The van der Waals surface area contributed by atoms with Gasteiger partial charge in [-0.2, -0.15) is 0 Å². The molecule has 0 aliphatic heterocycles. The smallest absolute Gasteiger partial charge is 0.240 e. The number of nitrogens with one attached hydrogen (secondary N) is 1. The van der Waals surface area contributed by atoms with Gasteiger partial charge in [-0.05, 0) is 24.6 Å². The lowest BCUT2D eigenvalue weighted by Crippen LogP contribution is -2.23. The van der Waals surface area contributed by atoms with E-state index in [1.165, 1.54) is 17.7 Å². The van der Waals surface area contributed by atoms with Gasteiger partial charge in [0.2, 0.25) is 10.0 Å². The Morgan fingerprint density at radius 2 is 1.88 bits per heavy atom. The Hall–Kier alpha value is -2.09. The quantitative estimate of drug-likeness (QED) is 0.733. The monoisotopic (exact) mass is 359 g/mol. The molecule has 3 aromatic rings. The predicted octanol–water partition coefficient (Wildman–Crippen LogP) is 3.25. The van der Waals surface area contributed by atoms with Crippen molar-refractivity contribution in [3.05, 3.63) is 65.4 Å². The van der Waals surface area contributed by atoms with Gasteiger partial charge in [-0.25, -0.2) is 23.1 Å². The highest BCUT2D eigenvalue weighted by atomic mass is 32.2. The molecule has 0 atom stereocenters. The van der Waals surface area contributed by atoms with Crippen molar-refractivity contribution in [3.8, 4) is 11.3 Å². The van der Waals surface area contributed by atoms with Crippen LogP contribution in [0.2, 0.25) is 0 Å². The highest BCUT2D eigenvalue weighted by molar-refractivity contribution is 7.91. The van der Waals surface area contributed by atoms with Crippen molar-refractivity contribution in [1.82, 2.24) is 14.7 Å². The van der Waals surface area contributed by atoms with E-state index in [0.717, 1.165) is 22.6 Å². The average molecular weight is 359 g/mol. The first-order valence-electron chi connectivity index (χ1n) is 7.53. The van der Waals surface area contributed by atoms with Crippen LogP contribution in [0.3, 0.4) is 0 Å². The van der Waals surface area contributed by atoms with Crippen LogP contribution >= 0.6 is 11.3 Å². The summed E-state index contributed by atoms with van der Waals surface area (Å²) in [7, 11) is -3.52. The highest BCUT2D eigenvalue weighted by Crippen LogP contribution is 2.22. The van der Waals surface area contributed by atoms with Crippen LogP contribution in [0.5, 0.6) is 0 Å². The fourth-order valence-electron chi connectivity index (χ4n) is 2.19. The molecule has 0 radical (unpaired) electrons. The number of rotatable bonds is 6. The summed E-state index contributed by atoms with van der Waals surface area (Å²) in [5.74, 6) is 0. The molecule has 0 saturated carbocycles. The predicted molar refractivity (Wildman–Crippen MR) is 95.2 cm³/mol. The Balaban J connectivity index is 1.75. The van der Waals surface area contributed by atoms with Crippen LogP contribution in [0.15, 0.2) is 59.1 Å². The minimum atomic E-state index is -3.52. The lowest BCUT2D eigenvalue weighted by molar-refractivity contribution is 0.582. The molecule has 24 heavy (non-hydrogen) atoms. The van der Waals surface area contributed by atoms with Crippen LogP contribution in [0, 0.1) is 0 Å². The maximum Gasteiger partial charge on any atom is 0.250 e. The summed E-state index contributed by atoms with van der Waals surface area (Å²) in [4.78, 5) is 9.43. The van der Waals surface area contributed by atoms with Gasteiger partial charge in [0.1, 0.15) is 10.5 Å². The summed E-state index contributed by atoms with van der Waals surface area (Å²) in [5, 5.41) is 0. The van der Waals surface area contributed by atoms with Gasteiger partial charge in [-0.15, -0.1) is 11.3 Å². The Bertz CT molecular complexity index is 922. The normalized spacial score (nSPS) is 11.5. The molecule has 0 amide bonds. The van der Waals surface area contributed by atoms with E-state index in [0.29, 0.717) is 9.90 Å². The SMILES string of the molecule is CCc1ccc(S(=O)(=O)NCc2cc(-c3ccccc3)ncn2)s1. The van der Waals surface area contributed by atoms with Crippen molar-refractivity contribution in [1.29, 1.82) is 0 Å². The summed E-state index contributed by atoms with van der Waals surface area (Å²) < 4.78 is 27.6. The number of thiophene rings is 1. The lowest BCUT2D eigenvalue weighted by Gasteiger charge is -2.06. The number of nitrogens with zero attached hydrogens (tertiary/aromatic N) is 2. The number of hydrogen-bond acceptors (Lipinski definition) is 5. The minimum Gasteiger partial charge on any atom is -0.240 e. The third kappa shape index (κ3) is 3.87. The van der Waals surface area contributed by atoms with Gasteiger partial charge in [0, 0.05) is 10.4 Å². The van der Waals surface area contributed by atoms with E-state index in [1.54, 1.807) is 12.1 Å². The molecule has 0 spiro atoms. The van der Waals surface area contributed by atoms with Gasteiger partial charge >= 0.3 is 0 Å². The number of hydrogen-bond donors (Lipinski definition) is 1. The van der Waals surface area contributed by atoms with Gasteiger partial charge in [-0.1, -0.05) is 37.3 Å². The Morgan fingerprint density at radius 1 is 1.08 bits per heavy atom. The highest BCUT2D eigenvalue weighted by Gasteiger charge is 2.16. The first-order chi connectivity index (χ1) is 11.6. The van der Waals surface area contributed by atoms with Gasteiger partial charge in [0.15, 0.2) is 0 Å². The second-order valence-corrected chi connectivity index (χ2v) is 8.32. The Kier molecular flexibility index (Phi) is 5.03. The molecule has 1 aromatic carbocycles. The molecule has 2 aromatic heterocycles. The molecule has 2 heterocycles. The summed E-state index contributed by atoms with van der Waals surface area (Å²) in [6.07, 6.45) is 2.28. The molecule has 124 valence electrons. The van der Waals surface area contributed by atoms with Crippen LogP contribution in [0.25, 0.3) is 11.3 Å². The Labute approximate surface area is 145 Å². The standard InChI is InChI=1S/C17H17N3O2S2/c1-2-15-8-9-17(23-15)24(21,22)20-11-14-10-16(19-12-18-14)13-6-4-3-5-7-13/h3-10,12,20H,2,11H2,1H3. The largest absolute Gasteiger partial charge is 0.250 e. The third-order valence-corrected chi connectivity index (χ3v) is 6.61. The summed E-state index contributed by atoms with van der Waals surface area (Å²) in [6.45, 7) is 2.13. The lowest BCUT2D eigenvalue weighted by atomic mass is 10.1. The van der Waals surface area contributed by atoms with Gasteiger partial charge in [0.05, 0.1) is 17.9 Å². The zero-order chi connectivity index (χ0) is 17.0. The van der Waals surface area contributed by atoms with Crippen LogP contribution in [0.4, 0.5) is 0 Å². The first-order valence-corrected chi connectivity index (χ1v) is 9.83. The fraction of sp³-hybridized carbons (Fsp3) is 0.176. The van der Waals surface area contributed by atoms with Crippen LogP contribution < -0.4 is 4.72 Å². The number of sulfonamides is 1. The molecule has 0 fully saturated rings. The molecular weight excluding hydrogens is 342 g/mol. The van der Waals surface area contributed by atoms with Crippen molar-refractivity contribution >= 4 is 21.4 Å². The maximum atomic E-state index is 12.3. The van der Waals surface area contributed by atoms with E-state index < -0.39 is 10.0 Å². The topological polar surface area (TPSA) is 72.0 Å². The number of benzene rings is 1. The van der Waals surface area contributed by atoms with Crippen LogP contribution in [-0.2, 0) is 23.0 Å². The van der Waals surface area contributed by atoms with E-state index in [9.17, 15) is 8.42 Å². The summed E-state index contributed by atoms with van der Waals surface area (Å²) >= 11 is 1.29. The van der Waals surface area contributed by atoms with Crippen molar-refractivity contribution in [2.45, 2.75) is 24.1 Å². The van der Waals surface area contributed by atoms with E-state index in [4.69, 9.17) is 0 Å². The fourth-order valence-corrected chi connectivity index (χ4v) is 4.53. The van der Waals surface area contributed by atoms with E-state index in [2.05, 4.69) is 14.7 Å². The zero-order valence-electron chi connectivity index (χ0n) is 13.1. The van der Waals surface area contributed by atoms with Crippen molar-refractivity contribution in [3.63, 3.8) is 0 Å². The summed E-state index contributed by atoms with van der Waals surface area (Å²) in [6, 6.07) is 15.0. The molecule has 7 heteroatoms.